The molecule has 2 aliphatic heterocycles. The summed E-state index contributed by atoms with van der Waals surface area (Å²) in [6, 6.07) is 0. The fraction of sp³-hybridized carbons (Fsp3) is 0.500. The zero-order chi connectivity index (χ0) is 16.9. The molecule has 132 valence electrons. The topological polar surface area (TPSA) is 85.7 Å². The first kappa shape index (κ1) is 16.0. The first-order chi connectivity index (χ1) is 12.4. The summed E-state index contributed by atoms with van der Waals surface area (Å²) in [4.78, 5) is 28.4. The molecule has 4 heterocycles. The molecule has 2 aliphatic rings. The molecule has 0 N–H and O–H groups in total. The Hall–Kier alpha value is -2.52. The molecule has 2 aromatic heterocycles. The lowest BCUT2D eigenvalue weighted by atomic mass is 10.4. The zero-order valence-electron chi connectivity index (χ0n) is 13.9. The molecule has 9 heteroatoms. The van der Waals surface area contributed by atoms with E-state index in [1.165, 1.54) is 0 Å². The van der Waals surface area contributed by atoms with Crippen molar-refractivity contribution in [1.29, 1.82) is 0 Å². The number of rotatable bonds is 6. The van der Waals surface area contributed by atoms with E-state index >= 15 is 0 Å². The van der Waals surface area contributed by atoms with Crippen LogP contribution < -0.4 is 14.4 Å². The van der Waals surface area contributed by atoms with E-state index in [0.717, 1.165) is 51.9 Å². The lowest BCUT2D eigenvalue weighted by molar-refractivity contribution is -0.0448. The van der Waals surface area contributed by atoms with Crippen molar-refractivity contribution in [1.82, 2.24) is 30.1 Å². The molecule has 4 rings (SSSR count). The summed E-state index contributed by atoms with van der Waals surface area (Å²) in [5.74, 6) is 1.09. The molecule has 0 saturated carbocycles. The SMILES string of the molecule is c1cnc(ON2CCCC2)c(Oc2nccnc2ON2CCCC2)n1. The molecule has 0 atom stereocenters. The van der Waals surface area contributed by atoms with E-state index in [2.05, 4.69) is 19.9 Å². The van der Waals surface area contributed by atoms with Gasteiger partial charge < -0.3 is 14.4 Å². The number of hydrogen-bond acceptors (Lipinski definition) is 9. The summed E-state index contributed by atoms with van der Waals surface area (Å²) in [6.07, 6.45) is 10.6. The third kappa shape index (κ3) is 3.94. The van der Waals surface area contributed by atoms with Gasteiger partial charge in [0.2, 0.25) is 0 Å². The summed E-state index contributed by atoms with van der Waals surface area (Å²) in [6.45, 7) is 3.46. The van der Waals surface area contributed by atoms with Crippen LogP contribution >= 0.6 is 0 Å². The van der Waals surface area contributed by atoms with Gasteiger partial charge in [0.25, 0.3) is 11.8 Å². The third-order valence-corrected chi connectivity index (χ3v) is 4.02. The van der Waals surface area contributed by atoms with Gasteiger partial charge >= 0.3 is 11.8 Å². The molecule has 25 heavy (non-hydrogen) atoms. The van der Waals surface area contributed by atoms with Crippen LogP contribution in [0.4, 0.5) is 0 Å². The zero-order valence-corrected chi connectivity index (χ0v) is 13.9. The van der Waals surface area contributed by atoms with Crippen LogP contribution in [0.2, 0.25) is 0 Å². The van der Waals surface area contributed by atoms with Crippen LogP contribution in [0, 0.1) is 0 Å². The second-order valence-corrected chi connectivity index (χ2v) is 5.89. The van der Waals surface area contributed by atoms with Crippen LogP contribution in [0.15, 0.2) is 24.8 Å². The van der Waals surface area contributed by atoms with Gasteiger partial charge in [0.05, 0.1) is 0 Å². The van der Waals surface area contributed by atoms with Crippen molar-refractivity contribution < 1.29 is 14.4 Å². The van der Waals surface area contributed by atoms with Gasteiger partial charge in [-0.3, -0.25) is 0 Å². The van der Waals surface area contributed by atoms with Crippen LogP contribution in [-0.4, -0.2) is 56.2 Å². The molecule has 0 radical (unpaired) electrons. The maximum Gasteiger partial charge on any atom is 0.301 e. The van der Waals surface area contributed by atoms with Crippen molar-refractivity contribution in [2.24, 2.45) is 0 Å². The number of ether oxygens (including phenoxy) is 1. The fourth-order valence-corrected chi connectivity index (χ4v) is 2.79. The van der Waals surface area contributed by atoms with Gasteiger partial charge in [0.1, 0.15) is 0 Å². The number of aromatic nitrogens is 4. The Kier molecular flexibility index (Phi) is 4.84. The minimum absolute atomic E-state index is 0.237. The van der Waals surface area contributed by atoms with Crippen LogP contribution in [0.3, 0.4) is 0 Å². The molecule has 0 unspecified atom stereocenters. The van der Waals surface area contributed by atoms with Crippen LogP contribution in [0.5, 0.6) is 23.5 Å². The Balaban J connectivity index is 1.52. The number of nitrogens with zero attached hydrogens (tertiary/aromatic N) is 6. The third-order valence-electron chi connectivity index (χ3n) is 4.02. The van der Waals surface area contributed by atoms with Crippen LogP contribution in [0.1, 0.15) is 25.7 Å². The monoisotopic (exact) mass is 344 g/mol. The highest BCUT2D eigenvalue weighted by molar-refractivity contribution is 5.32. The molecule has 0 aliphatic carbocycles. The highest BCUT2D eigenvalue weighted by Gasteiger charge is 2.22. The molecule has 2 aromatic rings. The maximum atomic E-state index is 5.81. The van der Waals surface area contributed by atoms with E-state index in [-0.39, 0.29) is 11.8 Å². The number of hydrogen-bond donors (Lipinski definition) is 0. The molecule has 0 spiro atoms. The van der Waals surface area contributed by atoms with Crippen molar-refractivity contribution >= 4 is 0 Å². The molecule has 9 nitrogen and oxygen atoms in total. The van der Waals surface area contributed by atoms with Gasteiger partial charge in [-0.15, -0.1) is 10.1 Å². The van der Waals surface area contributed by atoms with Gasteiger partial charge in [-0.05, 0) is 25.7 Å². The Bertz CT molecular complexity index is 644. The molecule has 0 bridgehead atoms. The summed E-state index contributed by atoms with van der Waals surface area (Å²) in [5, 5.41) is 3.71. The predicted molar refractivity (Wildman–Crippen MR) is 87.0 cm³/mol. The Morgan fingerprint density at radius 3 is 1.32 bits per heavy atom. The molecule has 2 saturated heterocycles. The van der Waals surface area contributed by atoms with E-state index in [4.69, 9.17) is 14.4 Å². The largest absolute Gasteiger partial charge is 0.410 e. The standard InChI is InChI=1S/C16H20N6O3/c1-2-10-21(9-1)24-15-13(17-5-7-19-15)23-14-16(20-8-6-18-14)25-22-11-3-4-12-22/h5-8H,1-4,9-12H2. The summed E-state index contributed by atoms with van der Waals surface area (Å²) >= 11 is 0. The van der Waals surface area contributed by atoms with Gasteiger partial charge in [-0.25, -0.2) is 19.9 Å². The second-order valence-electron chi connectivity index (χ2n) is 5.89. The lowest BCUT2D eigenvalue weighted by Gasteiger charge is -2.18. The summed E-state index contributed by atoms with van der Waals surface area (Å²) in [5.41, 5.74) is 0. The Labute approximate surface area is 145 Å². The molecule has 2 fully saturated rings. The highest BCUT2D eigenvalue weighted by Crippen LogP contribution is 2.31. The minimum atomic E-state index is 0.237. The average Bonchev–Trinajstić information content (AvgIpc) is 3.32. The van der Waals surface area contributed by atoms with Gasteiger partial charge in [-0.1, -0.05) is 0 Å². The first-order valence-electron chi connectivity index (χ1n) is 8.54. The van der Waals surface area contributed by atoms with Gasteiger partial charge in [-0.2, -0.15) is 0 Å². The average molecular weight is 344 g/mol. The smallest absolute Gasteiger partial charge is 0.301 e. The van der Waals surface area contributed by atoms with Crippen molar-refractivity contribution in [3.63, 3.8) is 0 Å². The molecular weight excluding hydrogens is 324 g/mol. The quantitative estimate of drug-likeness (QED) is 0.779. The molecular formula is C16H20N6O3. The predicted octanol–water partition coefficient (Wildman–Crippen LogP) is 1.84. The van der Waals surface area contributed by atoms with E-state index < -0.39 is 0 Å². The van der Waals surface area contributed by atoms with Crippen LogP contribution in [-0.2, 0) is 0 Å². The molecule has 0 aromatic carbocycles. The van der Waals surface area contributed by atoms with E-state index in [0.29, 0.717) is 11.8 Å². The normalized spacial score (nSPS) is 18.4. The maximum absolute atomic E-state index is 5.81. The van der Waals surface area contributed by atoms with E-state index in [9.17, 15) is 0 Å². The van der Waals surface area contributed by atoms with Crippen molar-refractivity contribution in [3.05, 3.63) is 24.8 Å². The van der Waals surface area contributed by atoms with Crippen molar-refractivity contribution in [3.8, 4) is 23.5 Å². The Morgan fingerprint density at radius 2 is 0.920 bits per heavy atom. The van der Waals surface area contributed by atoms with E-state index in [1.807, 2.05) is 10.1 Å². The van der Waals surface area contributed by atoms with Crippen LogP contribution in [0.25, 0.3) is 0 Å². The summed E-state index contributed by atoms with van der Waals surface area (Å²) < 4.78 is 5.81. The van der Waals surface area contributed by atoms with Crippen molar-refractivity contribution in [2.45, 2.75) is 25.7 Å². The van der Waals surface area contributed by atoms with Gasteiger partial charge in [0.15, 0.2) is 0 Å². The second kappa shape index (κ2) is 7.58. The Morgan fingerprint density at radius 1 is 0.560 bits per heavy atom. The lowest BCUT2D eigenvalue weighted by Crippen LogP contribution is -2.25. The fourth-order valence-electron chi connectivity index (χ4n) is 2.79. The number of hydroxylamine groups is 4. The highest BCUT2D eigenvalue weighted by atomic mass is 16.7. The first-order valence-corrected chi connectivity index (χ1v) is 8.54. The van der Waals surface area contributed by atoms with E-state index in [1.54, 1.807) is 24.8 Å². The minimum Gasteiger partial charge on any atom is -0.410 e. The van der Waals surface area contributed by atoms with Gasteiger partial charge in [0, 0.05) is 51.0 Å². The van der Waals surface area contributed by atoms with Crippen molar-refractivity contribution in [2.75, 3.05) is 26.2 Å². The summed E-state index contributed by atoms with van der Waals surface area (Å²) in [7, 11) is 0. The molecule has 0 amide bonds.